The summed E-state index contributed by atoms with van der Waals surface area (Å²) in [7, 11) is 1.58. The van der Waals surface area contributed by atoms with Gasteiger partial charge >= 0.3 is 0 Å². The molecule has 0 aromatic carbocycles. The van der Waals surface area contributed by atoms with Crippen molar-refractivity contribution in [3.05, 3.63) is 0 Å². The zero-order chi connectivity index (χ0) is 22.4. The first-order valence-corrected chi connectivity index (χ1v) is 12.0. The molecule has 3 unspecified atom stereocenters. The SMILES string of the molecule is CNC(=O)CC(S)C(CC(C)C)C(=O)NC1CCCCNCCCCCCNC1=O. The van der Waals surface area contributed by atoms with Gasteiger partial charge in [-0.25, -0.2) is 0 Å². The summed E-state index contributed by atoms with van der Waals surface area (Å²) in [4.78, 5) is 37.6. The van der Waals surface area contributed by atoms with Crippen molar-refractivity contribution >= 4 is 30.4 Å². The van der Waals surface area contributed by atoms with E-state index in [-0.39, 0.29) is 30.1 Å². The normalized spacial score (nSPS) is 21.8. The summed E-state index contributed by atoms with van der Waals surface area (Å²) in [5.74, 6) is -0.581. The zero-order valence-corrected chi connectivity index (χ0v) is 19.9. The molecule has 1 saturated heterocycles. The second-order valence-corrected chi connectivity index (χ2v) is 9.36. The lowest BCUT2D eigenvalue weighted by atomic mass is 9.90. The third kappa shape index (κ3) is 11.2. The van der Waals surface area contributed by atoms with Gasteiger partial charge in [-0.15, -0.1) is 0 Å². The lowest BCUT2D eigenvalue weighted by Gasteiger charge is -2.27. The van der Waals surface area contributed by atoms with Crippen LogP contribution in [0.1, 0.15) is 71.6 Å². The van der Waals surface area contributed by atoms with E-state index in [2.05, 4.69) is 33.9 Å². The van der Waals surface area contributed by atoms with Gasteiger partial charge in [0, 0.05) is 25.3 Å². The fourth-order valence-corrected chi connectivity index (χ4v) is 4.14. The van der Waals surface area contributed by atoms with Crippen LogP contribution in [0.5, 0.6) is 0 Å². The van der Waals surface area contributed by atoms with Gasteiger partial charge < -0.3 is 21.3 Å². The van der Waals surface area contributed by atoms with Crippen LogP contribution in [-0.2, 0) is 14.4 Å². The molecule has 7 nitrogen and oxygen atoms in total. The Kier molecular flexibility index (Phi) is 13.8. The van der Waals surface area contributed by atoms with E-state index in [1.54, 1.807) is 7.05 Å². The molecule has 0 aliphatic carbocycles. The Labute approximate surface area is 187 Å². The molecule has 1 aliphatic rings. The lowest BCUT2D eigenvalue weighted by molar-refractivity contribution is -0.132. The van der Waals surface area contributed by atoms with Crippen LogP contribution in [0.4, 0.5) is 0 Å². The summed E-state index contributed by atoms with van der Waals surface area (Å²) in [5.41, 5.74) is 0. The van der Waals surface area contributed by atoms with E-state index in [0.29, 0.717) is 19.4 Å². The first-order chi connectivity index (χ1) is 14.3. The second-order valence-electron chi connectivity index (χ2n) is 8.69. The van der Waals surface area contributed by atoms with Crippen molar-refractivity contribution in [3.63, 3.8) is 0 Å². The van der Waals surface area contributed by atoms with Gasteiger partial charge in [-0.1, -0.05) is 26.7 Å². The van der Waals surface area contributed by atoms with Gasteiger partial charge in [0.25, 0.3) is 0 Å². The van der Waals surface area contributed by atoms with Crippen molar-refractivity contribution in [2.45, 2.75) is 82.9 Å². The molecule has 4 N–H and O–H groups in total. The molecule has 0 aromatic heterocycles. The molecule has 174 valence electrons. The number of carbonyl (C=O) groups is 3. The van der Waals surface area contributed by atoms with Crippen molar-refractivity contribution in [1.82, 2.24) is 21.3 Å². The van der Waals surface area contributed by atoms with Crippen molar-refractivity contribution in [1.29, 1.82) is 0 Å². The summed E-state index contributed by atoms with van der Waals surface area (Å²) in [5, 5.41) is 11.6. The number of thiol groups is 1. The Morgan fingerprint density at radius 2 is 1.70 bits per heavy atom. The van der Waals surface area contributed by atoms with E-state index in [9.17, 15) is 14.4 Å². The number of rotatable bonds is 7. The van der Waals surface area contributed by atoms with Gasteiger partial charge in [-0.05, 0) is 57.5 Å². The molecule has 0 spiro atoms. The molecule has 0 saturated carbocycles. The average molecular weight is 443 g/mol. The quantitative estimate of drug-likeness (QED) is 0.390. The largest absolute Gasteiger partial charge is 0.359 e. The van der Waals surface area contributed by atoms with E-state index >= 15 is 0 Å². The summed E-state index contributed by atoms with van der Waals surface area (Å²) < 4.78 is 0. The third-order valence-electron chi connectivity index (χ3n) is 5.51. The van der Waals surface area contributed by atoms with Crippen LogP contribution in [0.2, 0.25) is 0 Å². The standard InChI is InChI=1S/C22H42N4O3S/c1-16(2)14-17(19(30)15-20(27)23-3)21(28)26-18-10-6-9-12-24-11-7-4-5-8-13-25-22(18)29/h16-19,24,30H,4-15H2,1-3H3,(H,23,27)(H,25,29)(H,26,28). The molecule has 0 radical (unpaired) electrons. The minimum Gasteiger partial charge on any atom is -0.359 e. The molecular weight excluding hydrogens is 400 g/mol. The van der Waals surface area contributed by atoms with Crippen molar-refractivity contribution in [2.75, 3.05) is 26.7 Å². The summed E-state index contributed by atoms with van der Waals surface area (Å²) in [6, 6.07) is -0.546. The van der Waals surface area contributed by atoms with Gasteiger partial charge in [0.15, 0.2) is 0 Å². The number of amides is 3. The van der Waals surface area contributed by atoms with Gasteiger partial charge in [-0.2, -0.15) is 12.6 Å². The van der Waals surface area contributed by atoms with Crippen LogP contribution >= 0.6 is 12.6 Å². The third-order valence-corrected chi connectivity index (χ3v) is 6.05. The van der Waals surface area contributed by atoms with Crippen LogP contribution < -0.4 is 21.3 Å². The highest BCUT2D eigenvalue weighted by molar-refractivity contribution is 7.81. The van der Waals surface area contributed by atoms with Crippen LogP contribution in [0.15, 0.2) is 0 Å². The Balaban J connectivity index is 2.78. The molecule has 30 heavy (non-hydrogen) atoms. The molecular formula is C22H42N4O3S. The maximum absolute atomic E-state index is 13.1. The second kappa shape index (κ2) is 15.5. The molecule has 0 aromatic rings. The Morgan fingerprint density at radius 1 is 1.07 bits per heavy atom. The molecule has 1 aliphatic heterocycles. The van der Waals surface area contributed by atoms with E-state index in [4.69, 9.17) is 0 Å². The maximum atomic E-state index is 13.1. The minimum atomic E-state index is -0.546. The predicted octanol–water partition coefficient (Wildman–Crippen LogP) is 2.02. The summed E-state index contributed by atoms with van der Waals surface area (Å²) >= 11 is 4.56. The Morgan fingerprint density at radius 3 is 2.33 bits per heavy atom. The molecule has 8 heteroatoms. The number of hydrogen-bond acceptors (Lipinski definition) is 5. The smallest absolute Gasteiger partial charge is 0.242 e. The molecule has 1 fully saturated rings. The highest BCUT2D eigenvalue weighted by Gasteiger charge is 2.31. The highest BCUT2D eigenvalue weighted by atomic mass is 32.1. The van der Waals surface area contributed by atoms with Gasteiger partial charge in [0.1, 0.15) is 6.04 Å². The van der Waals surface area contributed by atoms with E-state index in [0.717, 1.165) is 45.2 Å². The van der Waals surface area contributed by atoms with E-state index in [1.165, 1.54) is 6.42 Å². The molecule has 3 amide bonds. The number of hydrogen-bond donors (Lipinski definition) is 5. The van der Waals surface area contributed by atoms with Crippen molar-refractivity contribution < 1.29 is 14.4 Å². The minimum absolute atomic E-state index is 0.112. The molecule has 0 bridgehead atoms. The molecule has 3 atom stereocenters. The lowest BCUT2D eigenvalue weighted by Crippen LogP contribution is -2.50. The van der Waals surface area contributed by atoms with Gasteiger partial charge in [-0.3, -0.25) is 14.4 Å². The topological polar surface area (TPSA) is 99.3 Å². The first-order valence-electron chi connectivity index (χ1n) is 11.5. The van der Waals surface area contributed by atoms with Crippen LogP contribution in [-0.4, -0.2) is 55.7 Å². The Bertz CT molecular complexity index is 531. The Hall–Kier alpha value is -1.28. The monoisotopic (exact) mass is 442 g/mol. The molecule has 1 heterocycles. The summed E-state index contributed by atoms with van der Waals surface area (Å²) in [6.45, 7) is 6.70. The number of carbonyl (C=O) groups excluding carboxylic acids is 3. The zero-order valence-electron chi connectivity index (χ0n) is 19.0. The van der Waals surface area contributed by atoms with E-state index in [1.807, 2.05) is 13.8 Å². The fraction of sp³-hybridized carbons (Fsp3) is 0.864. The van der Waals surface area contributed by atoms with Crippen molar-refractivity contribution in [2.24, 2.45) is 11.8 Å². The van der Waals surface area contributed by atoms with Crippen molar-refractivity contribution in [3.8, 4) is 0 Å². The molecule has 1 rings (SSSR count). The average Bonchev–Trinajstić information content (AvgIpc) is 2.70. The van der Waals surface area contributed by atoms with Crippen LogP contribution in [0.25, 0.3) is 0 Å². The maximum Gasteiger partial charge on any atom is 0.242 e. The first kappa shape index (κ1) is 26.8. The number of nitrogens with one attached hydrogen (secondary N) is 4. The fourth-order valence-electron chi connectivity index (χ4n) is 3.72. The van der Waals surface area contributed by atoms with Crippen LogP contribution in [0, 0.1) is 11.8 Å². The highest BCUT2D eigenvalue weighted by Crippen LogP contribution is 2.23. The van der Waals surface area contributed by atoms with Crippen LogP contribution in [0.3, 0.4) is 0 Å². The van der Waals surface area contributed by atoms with Gasteiger partial charge in [0.05, 0.1) is 5.92 Å². The summed E-state index contributed by atoms with van der Waals surface area (Å²) in [6.07, 6.45) is 7.62. The van der Waals surface area contributed by atoms with Gasteiger partial charge in [0.2, 0.25) is 17.7 Å². The predicted molar refractivity (Wildman–Crippen MR) is 125 cm³/mol. The van der Waals surface area contributed by atoms with E-state index < -0.39 is 17.2 Å².